The van der Waals surface area contributed by atoms with E-state index in [0.717, 1.165) is 28.1 Å². The molecular weight excluding hydrogens is 328 g/mol. The highest BCUT2D eigenvalue weighted by atomic mass is 79.9. The van der Waals surface area contributed by atoms with Gasteiger partial charge in [-0.25, -0.2) is 4.98 Å². The largest absolute Gasteiger partial charge is 0.468 e. The van der Waals surface area contributed by atoms with Crippen LogP contribution in [0.5, 0.6) is 0 Å². The highest BCUT2D eigenvalue weighted by Crippen LogP contribution is 2.26. The van der Waals surface area contributed by atoms with Crippen LogP contribution in [0.4, 0.5) is 0 Å². The monoisotopic (exact) mass is 346 g/mol. The zero-order valence-corrected chi connectivity index (χ0v) is 13.8. The first-order chi connectivity index (χ1) is 9.03. The Morgan fingerprint density at radius 3 is 2.95 bits per heavy atom. The van der Waals surface area contributed by atoms with Crippen LogP contribution < -0.4 is 5.32 Å². The summed E-state index contributed by atoms with van der Waals surface area (Å²) in [6.45, 7) is 1.86. The zero-order chi connectivity index (χ0) is 14.3. The second-order valence-electron chi connectivity index (χ2n) is 4.32. The van der Waals surface area contributed by atoms with Gasteiger partial charge in [-0.2, -0.15) is 0 Å². The van der Waals surface area contributed by atoms with Crippen LogP contribution in [-0.4, -0.2) is 36.4 Å². The molecule has 1 aromatic heterocycles. The number of aromatic nitrogens is 1. The quantitative estimate of drug-likeness (QED) is 0.467. The van der Waals surface area contributed by atoms with E-state index in [9.17, 15) is 4.79 Å². The molecule has 19 heavy (non-hydrogen) atoms. The molecule has 0 radical (unpaired) electrons. The summed E-state index contributed by atoms with van der Waals surface area (Å²) in [4.78, 5) is 16.0. The summed E-state index contributed by atoms with van der Waals surface area (Å²) in [5, 5.41) is 4.01. The molecule has 0 aliphatic rings. The minimum absolute atomic E-state index is 0.223. The summed E-state index contributed by atoms with van der Waals surface area (Å²) in [5.74, 6) is 0.683. The fourth-order valence-electron chi connectivity index (χ4n) is 1.63. The molecule has 0 fully saturated rings. The Labute approximate surface area is 126 Å². The zero-order valence-electron chi connectivity index (χ0n) is 11.4. The fraction of sp³-hybridized carbons (Fsp3) is 0.538. The Hall–Kier alpha value is -0.590. The van der Waals surface area contributed by atoms with Crippen molar-refractivity contribution in [3.05, 3.63) is 22.8 Å². The van der Waals surface area contributed by atoms with Crippen molar-refractivity contribution in [3.63, 3.8) is 0 Å². The SMILES string of the molecule is CNC(C)(CCCSc1ncccc1Br)C(=O)OC. The van der Waals surface area contributed by atoms with Crippen molar-refractivity contribution in [2.45, 2.75) is 30.3 Å². The van der Waals surface area contributed by atoms with E-state index < -0.39 is 5.54 Å². The molecule has 0 aromatic carbocycles. The lowest BCUT2D eigenvalue weighted by atomic mass is 9.97. The number of esters is 1. The van der Waals surface area contributed by atoms with Crippen LogP contribution >= 0.6 is 27.7 Å². The number of carbonyl (C=O) groups is 1. The number of nitrogens with one attached hydrogen (secondary N) is 1. The van der Waals surface area contributed by atoms with Crippen molar-refractivity contribution in [1.29, 1.82) is 0 Å². The molecular formula is C13H19BrN2O2S. The van der Waals surface area contributed by atoms with Crippen molar-refractivity contribution in [3.8, 4) is 0 Å². The molecule has 0 bridgehead atoms. The number of likely N-dealkylation sites (N-methyl/N-ethyl adjacent to an activating group) is 1. The minimum Gasteiger partial charge on any atom is -0.468 e. The van der Waals surface area contributed by atoms with Crippen LogP contribution in [0.25, 0.3) is 0 Å². The fourth-order valence-corrected chi connectivity index (χ4v) is 3.05. The molecule has 106 valence electrons. The smallest absolute Gasteiger partial charge is 0.325 e. The third kappa shape index (κ3) is 4.78. The maximum absolute atomic E-state index is 11.7. The van der Waals surface area contributed by atoms with Gasteiger partial charge in [0.15, 0.2) is 0 Å². The van der Waals surface area contributed by atoms with Gasteiger partial charge < -0.3 is 10.1 Å². The summed E-state index contributed by atoms with van der Waals surface area (Å²) in [7, 11) is 3.19. The first kappa shape index (κ1) is 16.5. The average molecular weight is 347 g/mol. The van der Waals surface area contributed by atoms with Crippen molar-refractivity contribution >= 4 is 33.7 Å². The number of thioether (sulfide) groups is 1. The van der Waals surface area contributed by atoms with Crippen LogP contribution in [0.15, 0.2) is 27.8 Å². The maximum atomic E-state index is 11.7. The number of nitrogens with zero attached hydrogens (tertiary/aromatic N) is 1. The van der Waals surface area contributed by atoms with Crippen molar-refractivity contribution in [2.24, 2.45) is 0 Å². The van der Waals surface area contributed by atoms with E-state index in [1.54, 1.807) is 25.0 Å². The lowest BCUT2D eigenvalue weighted by Crippen LogP contribution is -2.48. The van der Waals surface area contributed by atoms with Crippen LogP contribution in [0, 0.1) is 0 Å². The molecule has 6 heteroatoms. The molecule has 0 aliphatic heterocycles. The molecule has 4 nitrogen and oxygen atoms in total. The molecule has 1 heterocycles. The number of rotatable bonds is 7. The topological polar surface area (TPSA) is 51.2 Å². The number of methoxy groups -OCH3 is 1. The Morgan fingerprint density at radius 2 is 2.37 bits per heavy atom. The summed E-state index contributed by atoms with van der Waals surface area (Å²) in [5.41, 5.74) is -0.614. The van der Waals surface area contributed by atoms with Gasteiger partial charge in [0.05, 0.1) is 7.11 Å². The van der Waals surface area contributed by atoms with Gasteiger partial charge in [-0.05, 0) is 60.6 Å². The van der Waals surface area contributed by atoms with E-state index in [-0.39, 0.29) is 5.97 Å². The predicted molar refractivity (Wildman–Crippen MR) is 81.4 cm³/mol. The summed E-state index contributed by atoms with van der Waals surface area (Å²) >= 11 is 5.15. The highest BCUT2D eigenvalue weighted by Gasteiger charge is 2.31. The van der Waals surface area contributed by atoms with Crippen LogP contribution in [0.1, 0.15) is 19.8 Å². The van der Waals surface area contributed by atoms with E-state index in [2.05, 4.69) is 26.2 Å². The predicted octanol–water partition coefficient (Wildman–Crippen LogP) is 2.87. The molecule has 1 N–H and O–H groups in total. The second kappa shape index (κ2) is 7.87. The van der Waals surface area contributed by atoms with Crippen molar-refractivity contribution < 1.29 is 9.53 Å². The summed E-state index contributed by atoms with van der Waals surface area (Å²) in [6, 6.07) is 3.87. The van der Waals surface area contributed by atoms with Crippen LogP contribution in [0.2, 0.25) is 0 Å². The molecule has 1 unspecified atom stereocenters. The van der Waals surface area contributed by atoms with E-state index >= 15 is 0 Å². The molecule has 1 rings (SSSR count). The highest BCUT2D eigenvalue weighted by molar-refractivity contribution is 9.10. The van der Waals surface area contributed by atoms with Gasteiger partial charge in [0.1, 0.15) is 10.6 Å². The number of pyridine rings is 1. The first-order valence-corrected chi connectivity index (χ1v) is 7.82. The Kier molecular flexibility index (Phi) is 6.82. The average Bonchev–Trinajstić information content (AvgIpc) is 2.44. The third-order valence-corrected chi connectivity index (χ3v) is 4.97. The number of hydrogen-bond acceptors (Lipinski definition) is 5. The standard InChI is InChI=1S/C13H19BrN2O2S/c1-13(15-2,12(17)18-3)7-5-9-19-11-10(14)6-4-8-16-11/h4,6,8,15H,5,7,9H2,1-3H3. The summed E-state index contributed by atoms with van der Waals surface area (Å²) in [6.07, 6.45) is 3.41. The van der Waals surface area contributed by atoms with Gasteiger partial charge in [0.2, 0.25) is 0 Å². The first-order valence-electron chi connectivity index (χ1n) is 6.04. The molecule has 0 saturated heterocycles. The van der Waals surface area contributed by atoms with E-state index in [0.29, 0.717) is 0 Å². The van der Waals surface area contributed by atoms with E-state index in [1.807, 2.05) is 19.1 Å². The molecule has 1 atom stereocenters. The van der Waals surface area contributed by atoms with Gasteiger partial charge in [-0.3, -0.25) is 4.79 Å². The lowest BCUT2D eigenvalue weighted by molar-refractivity contribution is -0.148. The third-order valence-electron chi connectivity index (χ3n) is 2.97. The second-order valence-corrected chi connectivity index (χ2v) is 6.25. The Balaban J connectivity index is 2.42. The van der Waals surface area contributed by atoms with Crippen LogP contribution in [-0.2, 0) is 9.53 Å². The Morgan fingerprint density at radius 1 is 1.63 bits per heavy atom. The minimum atomic E-state index is -0.614. The van der Waals surface area contributed by atoms with E-state index in [4.69, 9.17) is 4.74 Å². The van der Waals surface area contributed by atoms with Crippen molar-refractivity contribution in [1.82, 2.24) is 10.3 Å². The molecule has 0 spiro atoms. The van der Waals surface area contributed by atoms with Gasteiger partial charge in [-0.15, -0.1) is 11.8 Å². The van der Waals surface area contributed by atoms with Gasteiger partial charge in [0, 0.05) is 10.7 Å². The molecule has 0 amide bonds. The number of carbonyl (C=O) groups excluding carboxylic acids is 1. The Bertz CT molecular complexity index is 431. The lowest BCUT2D eigenvalue weighted by Gasteiger charge is -2.25. The van der Waals surface area contributed by atoms with Gasteiger partial charge in [0.25, 0.3) is 0 Å². The van der Waals surface area contributed by atoms with Gasteiger partial charge in [-0.1, -0.05) is 0 Å². The normalized spacial score (nSPS) is 13.9. The van der Waals surface area contributed by atoms with Crippen molar-refractivity contribution in [2.75, 3.05) is 19.9 Å². The summed E-state index contributed by atoms with van der Waals surface area (Å²) < 4.78 is 5.82. The molecule has 1 aromatic rings. The number of hydrogen-bond donors (Lipinski definition) is 1. The van der Waals surface area contributed by atoms with Gasteiger partial charge >= 0.3 is 5.97 Å². The molecule has 0 aliphatic carbocycles. The van der Waals surface area contributed by atoms with E-state index in [1.165, 1.54) is 7.11 Å². The maximum Gasteiger partial charge on any atom is 0.325 e. The number of ether oxygens (including phenoxy) is 1. The van der Waals surface area contributed by atoms with Crippen LogP contribution in [0.3, 0.4) is 0 Å². The number of halogens is 1. The molecule has 0 saturated carbocycles.